The lowest BCUT2D eigenvalue weighted by atomic mass is 9.78. The van der Waals surface area contributed by atoms with Gasteiger partial charge in [-0.25, -0.2) is 0 Å². The van der Waals surface area contributed by atoms with E-state index in [1.165, 1.54) is 94.2 Å². The summed E-state index contributed by atoms with van der Waals surface area (Å²) in [6.45, 7) is 0. The number of benzene rings is 9. The molecule has 1 nitrogen and oxygen atoms in total. The molecule has 0 radical (unpaired) electrons. The van der Waals surface area contributed by atoms with Crippen LogP contribution in [0.2, 0.25) is 0 Å². The fourth-order valence-electron chi connectivity index (χ4n) is 8.32. The lowest BCUT2D eigenvalue weighted by molar-refractivity contribution is 1.33. The van der Waals surface area contributed by atoms with Crippen LogP contribution < -0.4 is 0 Å². The molecule has 10 aromatic rings. The van der Waals surface area contributed by atoms with Crippen molar-refractivity contribution in [2.45, 2.75) is 0 Å². The van der Waals surface area contributed by atoms with Crippen molar-refractivity contribution < 1.29 is 0 Å². The van der Waals surface area contributed by atoms with E-state index in [-0.39, 0.29) is 0 Å². The highest BCUT2D eigenvalue weighted by Crippen LogP contribution is 2.50. The summed E-state index contributed by atoms with van der Waals surface area (Å²) in [7, 11) is 0. The molecule has 0 spiro atoms. The van der Waals surface area contributed by atoms with Crippen molar-refractivity contribution in [3.8, 4) is 89.0 Å². The molecule has 9 aromatic carbocycles. The minimum atomic E-state index is 1.12. The molecule has 0 unspecified atom stereocenters. The SMILES string of the molecule is c1ccc(-c2cc(-c3cccc(-c4ccc5cc(-c6ccc(-c7cccnc7)cc6)ccc5c4)c3)c(-c3ccccc3)c(-c3ccccc3)c2-c2ccccc2)cc1. The first-order chi connectivity index (χ1) is 28.8. The van der Waals surface area contributed by atoms with E-state index in [1.54, 1.807) is 0 Å². The van der Waals surface area contributed by atoms with Crippen LogP contribution in [0.5, 0.6) is 0 Å². The van der Waals surface area contributed by atoms with Gasteiger partial charge in [0.05, 0.1) is 0 Å². The molecular weight excluding hydrogens is 699 g/mol. The molecule has 0 aliphatic carbocycles. The Kier molecular flexibility index (Phi) is 9.31. The highest BCUT2D eigenvalue weighted by molar-refractivity contribution is 6.07. The van der Waals surface area contributed by atoms with E-state index in [0.717, 1.165) is 5.56 Å². The van der Waals surface area contributed by atoms with E-state index in [4.69, 9.17) is 0 Å². The van der Waals surface area contributed by atoms with Gasteiger partial charge in [0, 0.05) is 12.4 Å². The molecular formula is C57H39N. The molecule has 0 N–H and O–H groups in total. The van der Waals surface area contributed by atoms with Crippen molar-refractivity contribution in [3.63, 3.8) is 0 Å². The third-order valence-electron chi connectivity index (χ3n) is 11.2. The maximum absolute atomic E-state index is 4.28. The van der Waals surface area contributed by atoms with Gasteiger partial charge >= 0.3 is 0 Å². The van der Waals surface area contributed by atoms with E-state index < -0.39 is 0 Å². The number of hydrogen-bond acceptors (Lipinski definition) is 1. The predicted octanol–water partition coefficient (Wildman–Crippen LogP) is 15.6. The first kappa shape index (κ1) is 34.8. The fourth-order valence-corrected chi connectivity index (χ4v) is 8.32. The van der Waals surface area contributed by atoms with Gasteiger partial charge in [-0.1, -0.05) is 194 Å². The van der Waals surface area contributed by atoms with Crippen LogP contribution in [-0.2, 0) is 0 Å². The number of pyridine rings is 1. The minimum Gasteiger partial charge on any atom is -0.264 e. The number of rotatable bonds is 8. The molecule has 1 aromatic heterocycles. The number of aromatic nitrogens is 1. The van der Waals surface area contributed by atoms with Crippen LogP contribution in [0.3, 0.4) is 0 Å². The average molecular weight is 738 g/mol. The van der Waals surface area contributed by atoms with Crippen LogP contribution in [0, 0.1) is 0 Å². The fraction of sp³-hybridized carbons (Fsp3) is 0. The van der Waals surface area contributed by atoms with Gasteiger partial charge in [-0.3, -0.25) is 4.98 Å². The topological polar surface area (TPSA) is 12.9 Å². The van der Waals surface area contributed by atoms with Gasteiger partial charge in [-0.2, -0.15) is 0 Å². The van der Waals surface area contributed by atoms with E-state index in [9.17, 15) is 0 Å². The summed E-state index contributed by atoms with van der Waals surface area (Å²) in [6, 6.07) is 81.5. The van der Waals surface area contributed by atoms with Gasteiger partial charge in [0.15, 0.2) is 0 Å². The first-order valence-corrected chi connectivity index (χ1v) is 19.8. The second-order valence-electron chi connectivity index (χ2n) is 14.7. The Balaban J connectivity index is 1.12. The maximum Gasteiger partial charge on any atom is 0.0346 e. The third-order valence-corrected chi connectivity index (χ3v) is 11.2. The summed E-state index contributed by atoms with van der Waals surface area (Å²) in [4.78, 5) is 4.28. The number of hydrogen-bond donors (Lipinski definition) is 0. The van der Waals surface area contributed by atoms with Crippen molar-refractivity contribution in [3.05, 3.63) is 237 Å². The van der Waals surface area contributed by atoms with Crippen LogP contribution in [0.15, 0.2) is 237 Å². The summed E-state index contributed by atoms with van der Waals surface area (Å²) < 4.78 is 0. The quantitative estimate of drug-likeness (QED) is 0.151. The molecule has 0 aliphatic heterocycles. The highest BCUT2D eigenvalue weighted by Gasteiger charge is 2.23. The third kappa shape index (κ3) is 6.80. The Morgan fingerprint density at radius 2 is 0.621 bits per heavy atom. The van der Waals surface area contributed by atoms with Crippen molar-refractivity contribution in [2.24, 2.45) is 0 Å². The molecule has 0 aliphatic rings. The molecule has 1 heterocycles. The molecule has 0 amide bonds. The minimum absolute atomic E-state index is 1.12. The van der Waals surface area contributed by atoms with Crippen LogP contribution >= 0.6 is 0 Å². The van der Waals surface area contributed by atoms with Crippen LogP contribution in [0.25, 0.3) is 99.8 Å². The zero-order valence-corrected chi connectivity index (χ0v) is 32.0. The van der Waals surface area contributed by atoms with E-state index in [0.29, 0.717) is 0 Å². The zero-order chi connectivity index (χ0) is 38.7. The van der Waals surface area contributed by atoms with Gasteiger partial charge in [0.1, 0.15) is 0 Å². The lowest BCUT2D eigenvalue weighted by Crippen LogP contribution is -1.98. The molecule has 0 bridgehead atoms. The van der Waals surface area contributed by atoms with E-state index >= 15 is 0 Å². The highest BCUT2D eigenvalue weighted by atomic mass is 14.6. The molecule has 10 rings (SSSR count). The first-order valence-electron chi connectivity index (χ1n) is 19.8. The second-order valence-corrected chi connectivity index (χ2v) is 14.7. The molecule has 0 saturated carbocycles. The summed E-state index contributed by atoms with van der Waals surface area (Å²) in [5.41, 5.74) is 19.1. The summed E-state index contributed by atoms with van der Waals surface area (Å²) in [5.74, 6) is 0. The summed E-state index contributed by atoms with van der Waals surface area (Å²) in [6.07, 6.45) is 3.72. The van der Waals surface area contributed by atoms with Gasteiger partial charge < -0.3 is 0 Å². The van der Waals surface area contributed by atoms with Gasteiger partial charge in [0.2, 0.25) is 0 Å². The smallest absolute Gasteiger partial charge is 0.0346 e. The lowest BCUT2D eigenvalue weighted by Gasteiger charge is -2.24. The Labute approximate surface area is 340 Å². The summed E-state index contributed by atoms with van der Waals surface area (Å²) in [5, 5.41) is 2.44. The van der Waals surface area contributed by atoms with Crippen molar-refractivity contribution in [1.29, 1.82) is 0 Å². The standard InChI is InChI=1S/C57H39N/c1-5-15-42(16-6-1)53-38-54(56(44-19-9-3-10-20-44)57(45-21-11-4-12-22-45)55(53)43-17-7-2-8-18-43)51-24-13-23-46(37-51)48-32-33-49-35-47(30-31-50(49)36-48)40-26-28-41(29-27-40)52-25-14-34-58-39-52/h1-39H. The molecule has 58 heavy (non-hydrogen) atoms. The normalized spacial score (nSPS) is 11.1. The van der Waals surface area contributed by atoms with E-state index in [2.05, 4.69) is 223 Å². The van der Waals surface area contributed by atoms with Crippen LogP contribution in [-0.4, -0.2) is 4.98 Å². The van der Waals surface area contributed by atoms with Gasteiger partial charge in [0.25, 0.3) is 0 Å². The zero-order valence-electron chi connectivity index (χ0n) is 32.0. The van der Waals surface area contributed by atoms with Crippen molar-refractivity contribution in [2.75, 3.05) is 0 Å². The average Bonchev–Trinajstić information content (AvgIpc) is 3.32. The van der Waals surface area contributed by atoms with Crippen LogP contribution in [0.4, 0.5) is 0 Å². The molecule has 0 atom stereocenters. The molecule has 0 fully saturated rings. The molecule has 272 valence electrons. The Hall–Kier alpha value is -7.61. The molecule has 1 heteroatoms. The Bertz CT molecular complexity index is 2990. The number of fused-ring (bicyclic) bond motifs is 1. The van der Waals surface area contributed by atoms with Crippen LogP contribution in [0.1, 0.15) is 0 Å². The maximum atomic E-state index is 4.28. The van der Waals surface area contributed by atoms with E-state index in [1.807, 2.05) is 18.5 Å². The van der Waals surface area contributed by atoms with Gasteiger partial charge in [-0.05, 0) is 130 Å². The predicted molar refractivity (Wildman–Crippen MR) is 245 cm³/mol. The van der Waals surface area contributed by atoms with Gasteiger partial charge in [-0.15, -0.1) is 0 Å². The van der Waals surface area contributed by atoms with Crippen molar-refractivity contribution >= 4 is 10.8 Å². The van der Waals surface area contributed by atoms with Crippen molar-refractivity contribution in [1.82, 2.24) is 4.98 Å². The largest absolute Gasteiger partial charge is 0.264 e. The molecule has 0 saturated heterocycles. The monoisotopic (exact) mass is 737 g/mol. The number of nitrogens with zero attached hydrogens (tertiary/aromatic N) is 1. The summed E-state index contributed by atoms with van der Waals surface area (Å²) >= 11 is 0. The Morgan fingerprint density at radius 3 is 1.16 bits per heavy atom. The second kappa shape index (κ2) is 15.5. The Morgan fingerprint density at radius 1 is 0.224 bits per heavy atom.